The molecule has 8 nitrogen and oxygen atoms in total. The molecule has 9 heteroatoms. The van der Waals surface area contributed by atoms with E-state index in [1.54, 1.807) is 17.5 Å². The number of nitrogens with one attached hydrogen (secondary N) is 2. The van der Waals surface area contributed by atoms with Crippen LogP contribution in [-0.4, -0.2) is 32.6 Å². The number of hydrogen-bond donors (Lipinski definition) is 3. The van der Waals surface area contributed by atoms with E-state index in [4.69, 9.17) is 5.11 Å². The molecule has 0 aliphatic carbocycles. The van der Waals surface area contributed by atoms with Crippen LogP contribution in [-0.2, 0) is 11.3 Å². The molecule has 3 N–H and O–H groups in total. The molecule has 2 aromatic rings. The van der Waals surface area contributed by atoms with Crippen LogP contribution in [0, 0.1) is 0 Å². The number of carbonyl (C=O) groups excluding carboxylic acids is 1. The Kier molecular flexibility index (Phi) is 4.33. The summed E-state index contributed by atoms with van der Waals surface area (Å²) >= 11 is 1.18. The van der Waals surface area contributed by atoms with Crippen molar-refractivity contribution >= 4 is 23.2 Å². The molecule has 0 aromatic carbocycles. The summed E-state index contributed by atoms with van der Waals surface area (Å²) in [7, 11) is 0. The van der Waals surface area contributed by atoms with Gasteiger partial charge in [0.1, 0.15) is 6.04 Å². The minimum atomic E-state index is -1.29. The Morgan fingerprint density at radius 1 is 1.38 bits per heavy atom. The van der Waals surface area contributed by atoms with Gasteiger partial charge in [-0.1, -0.05) is 6.07 Å². The lowest BCUT2D eigenvalue weighted by atomic mass is 10.2. The molecule has 0 saturated heterocycles. The van der Waals surface area contributed by atoms with Gasteiger partial charge in [0.05, 0.1) is 11.4 Å². The second-order valence-corrected chi connectivity index (χ2v) is 5.05. The van der Waals surface area contributed by atoms with Crippen molar-refractivity contribution in [2.75, 3.05) is 0 Å². The second-order valence-electron chi connectivity index (χ2n) is 4.10. The van der Waals surface area contributed by atoms with Crippen LogP contribution >= 0.6 is 11.3 Å². The number of carboxylic acids is 1. The number of thiophene rings is 1. The van der Waals surface area contributed by atoms with Crippen LogP contribution in [0.1, 0.15) is 9.67 Å². The topological polar surface area (TPSA) is 121 Å². The van der Waals surface area contributed by atoms with Crippen LogP contribution in [0.5, 0.6) is 0 Å². The molecule has 2 aromatic heterocycles. The molecule has 110 valence electrons. The fraction of sp³-hybridized carbons (Fsp3) is 0.167. The summed E-state index contributed by atoms with van der Waals surface area (Å²) in [5, 5.41) is 13.1. The molecule has 0 bridgehead atoms. The first-order chi connectivity index (χ1) is 9.97. The van der Waals surface area contributed by atoms with Gasteiger partial charge in [-0.2, -0.15) is 0 Å². The predicted octanol–water partition coefficient (Wildman–Crippen LogP) is -0.519. The largest absolute Gasteiger partial charge is 0.480 e. The maximum Gasteiger partial charge on any atom is 0.328 e. The highest BCUT2D eigenvalue weighted by Gasteiger charge is 2.22. The zero-order valence-corrected chi connectivity index (χ0v) is 11.4. The monoisotopic (exact) mass is 309 g/mol. The highest BCUT2D eigenvalue weighted by atomic mass is 32.1. The van der Waals surface area contributed by atoms with Crippen LogP contribution in [0.4, 0.5) is 0 Å². The van der Waals surface area contributed by atoms with E-state index in [9.17, 15) is 19.2 Å². The number of aromatic nitrogens is 2. The van der Waals surface area contributed by atoms with Crippen LogP contribution in [0.15, 0.2) is 39.4 Å². The molecule has 0 spiro atoms. The number of hydrogen-bond acceptors (Lipinski definition) is 5. The van der Waals surface area contributed by atoms with Crippen molar-refractivity contribution in [3.63, 3.8) is 0 Å². The molecule has 0 unspecified atom stereocenters. The van der Waals surface area contributed by atoms with E-state index in [2.05, 4.69) is 5.32 Å². The summed E-state index contributed by atoms with van der Waals surface area (Å²) in [6.45, 7) is -0.290. The summed E-state index contributed by atoms with van der Waals surface area (Å²) in [5.74, 6) is -1.81. The third kappa shape index (κ3) is 3.66. The number of aromatic amines is 1. The number of amides is 1. The first-order valence-corrected chi connectivity index (χ1v) is 6.72. The fourth-order valence-corrected chi connectivity index (χ4v) is 2.23. The normalized spacial score (nSPS) is 11.8. The third-order valence-electron chi connectivity index (χ3n) is 2.62. The molecule has 21 heavy (non-hydrogen) atoms. The summed E-state index contributed by atoms with van der Waals surface area (Å²) < 4.78 is 1.01. The van der Waals surface area contributed by atoms with Gasteiger partial charge in [0, 0.05) is 12.3 Å². The van der Waals surface area contributed by atoms with Gasteiger partial charge in [-0.3, -0.25) is 19.1 Å². The van der Waals surface area contributed by atoms with E-state index in [0.29, 0.717) is 4.88 Å². The van der Waals surface area contributed by atoms with Gasteiger partial charge in [0.2, 0.25) is 0 Å². The minimum Gasteiger partial charge on any atom is -0.480 e. The Hall–Kier alpha value is -2.68. The maximum atomic E-state index is 11.8. The summed E-state index contributed by atoms with van der Waals surface area (Å²) in [4.78, 5) is 47.9. The molecule has 0 radical (unpaired) electrons. The summed E-state index contributed by atoms with van der Waals surface area (Å²) in [6, 6.07) is 3.04. The second kappa shape index (κ2) is 6.18. The van der Waals surface area contributed by atoms with Crippen LogP contribution in [0.3, 0.4) is 0 Å². The van der Waals surface area contributed by atoms with Crippen LogP contribution in [0.25, 0.3) is 0 Å². The lowest BCUT2D eigenvalue weighted by Crippen LogP contribution is -2.45. The number of carbonyl (C=O) groups is 2. The Morgan fingerprint density at radius 3 is 2.71 bits per heavy atom. The number of nitrogens with zero attached hydrogens (tertiary/aromatic N) is 1. The average Bonchev–Trinajstić information content (AvgIpc) is 2.94. The summed E-state index contributed by atoms with van der Waals surface area (Å²) in [6.07, 6.45) is 1.18. The average molecular weight is 309 g/mol. The highest BCUT2D eigenvalue weighted by molar-refractivity contribution is 7.12. The van der Waals surface area contributed by atoms with E-state index in [-0.39, 0.29) is 6.54 Å². The van der Waals surface area contributed by atoms with E-state index in [1.807, 2.05) is 4.98 Å². The van der Waals surface area contributed by atoms with Crippen molar-refractivity contribution < 1.29 is 14.7 Å². The Morgan fingerprint density at radius 2 is 2.14 bits per heavy atom. The molecular formula is C12H11N3O5S. The predicted molar refractivity (Wildman–Crippen MR) is 74.5 cm³/mol. The summed E-state index contributed by atoms with van der Waals surface area (Å²) in [5.41, 5.74) is -1.31. The van der Waals surface area contributed by atoms with Gasteiger partial charge in [-0.05, 0) is 11.4 Å². The zero-order chi connectivity index (χ0) is 15.4. The minimum absolute atomic E-state index is 0.290. The van der Waals surface area contributed by atoms with Crippen LogP contribution < -0.4 is 16.6 Å². The Balaban J connectivity index is 2.16. The Labute approximate surface area is 121 Å². The van der Waals surface area contributed by atoms with E-state index in [0.717, 1.165) is 10.6 Å². The standard InChI is InChI=1S/C12H11N3O5S/c16-9-3-4-15(12(20)14-9)6-7(11(18)19)13-10(17)8-2-1-5-21-8/h1-5,7H,6H2,(H,13,17)(H,18,19)(H,14,16,20)/t7-/m0/s1. The molecule has 2 heterocycles. The smallest absolute Gasteiger partial charge is 0.328 e. The molecule has 1 atom stereocenters. The van der Waals surface area contributed by atoms with Gasteiger partial charge >= 0.3 is 11.7 Å². The molecule has 2 rings (SSSR count). The molecule has 0 aliphatic rings. The first-order valence-electron chi connectivity index (χ1n) is 5.84. The van der Waals surface area contributed by atoms with Crippen molar-refractivity contribution in [3.05, 3.63) is 55.5 Å². The fourth-order valence-electron chi connectivity index (χ4n) is 1.61. The molecule has 0 aliphatic heterocycles. The van der Waals surface area contributed by atoms with Gasteiger partial charge < -0.3 is 10.4 Å². The van der Waals surface area contributed by atoms with Gasteiger partial charge in [0.25, 0.3) is 11.5 Å². The van der Waals surface area contributed by atoms with Gasteiger partial charge in [-0.25, -0.2) is 9.59 Å². The van der Waals surface area contributed by atoms with E-state index < -0.39 is 29.2 Å². The maximum absolute atomic E-state index is 11.8. The van der Waals surface area contributed by atoms with Crippen molar-refractivity contribution in [2.45, 2.75) is 12.6 Å². The van der Waals surface area contributed by atoms with Crippen molar-refractivity contribution in [1.29, 1.82) is 0 Å². The lowest BCUT2D eigenvalue weighted by Gasteiger charge is -2.15. The van der Waals surface area contributed by atoms with Crippen LogP contribution in [0.2, 0.25) is 0 Å². The van der Waals surface area contributed by atoms with Crippen molar-refractivity contribution in [3.8, 4) is 0 Å². The number of rotatable bonds is 5. The van der Waals surface area contributed by atoms with Crippen molar-refractivity contribution in [2.24, 2.45) is 0 Å². The van der Waals surface area contributed by atoms with Gasteiger partial charge in [0.15, 0.2) is 0 Å². The molecule has 1 amide bonds. The van der Waals surface area contributed by atoms with Gasteiger partial charge in [-0.15, -0.1) is 11.3 Å². The molecule has 0 fully saturated rings. The molecule has 0 saturated carbocycles. The highest BCUT2D eigenvalue weighted by Crippen LogP contribution is 2.08. The van der Waals surface area contributed by atoms with E-state index >= 15 is 0 Å². The third-order valence-corrected chi connectivity index (χ3v) is 3.49. The first kappa shape index (κ1) is 14.7. The van der Waals surface area contributed by atoms with E-state index in [1.165, 1.54) is 17.5 Å². The zero-order valence-electron chi connectivity index (χ0n) is 10.6. The molecular weight excluding hydrogens is 298 g/mol. The number of carboxylic acid groups (broad SMARTS) is 1. The quantitative estimate of drug-likeness (QED) is 0.686. The lowest BCUT2D eigenvalue weighted by molar-refractivity contribution is -0.139. The number of H-pyrrole nitrogens is 1. The number of aliphatic carboxylic acids is 1. The Bertz CT molecular complexity index is 762. The van der Waals surface area contributed by atoms with Crippen molar-refractivity contribution in [1.82, 2.24) is 14.9 Å². The SMILES string of the molecule is O=C(N[C@@H](Cn1ccc(=O)[nH]c1=O)C(=O)O)c1cccs1.